The van der Waals surface area contributed by atoms with Crippen molar-refractivity contribution >= 4 is 5.95 Å². The quantitative estimate of drug-likeness (QED) is 0.815. The van der Waals surface area contributed by atoms with E-state index in [-0.39, 0.29) is 0 Å². The fraction of sp³-hybridized carbons (Fsp3) is 0.438. The molecule has 0 bridgehead atoms. The lowest BCUT2D eigenvalue weighted by Gasteiger charge is -2.14. The van der Waals surface area contributed by atoms with Crippen molar-refractivity contribution in [1.82, 2.24) is 9.55 Å². The standard InChI is InChI=1S/C16H23N3/c1-3-10-17-16-18-11-13-19(16)12-9-14(2)15-7-5-4-6-8-15/h4-8,11,13-14H,3,9-10,12H2,1-2H3,(H,17,18). The van der Waals surface area contributed by atoms with Crippen LogP contribution in [0.2, 0.25) is 0 Å². The van der Waals surface area contributed by atoms with E-state index in [1.165, 1.54) is 5.56 Å². The largest absolute Gasteiger partial charge is 0.356 e. The minimum atomic E-state index is 0.572. The second-order valence-corrected chi connectivity index (χ2v) is 4.97. The zero-order valence-corrected chi connectivity index (χ0v) is 11.8. The van der Waals surface area contributed by atoms with Gasteiger partial charge in [-0.05, 0) is 24.3 Å². The first kappa shape index (κ1) is 13.7. The van der Waals surface area contributed by atoms with E-state index >= 15 is 0 Å². The van der Waals surface area contributed by atoms with Crippen LogP contribution >= 0.6 is 0 Å². The SMILES string of the molecule is CCCNc1nccn1CCC(C)c1ccccc1. The van der Waals surface area contributed by atoms with Gasteiger partial charge >= 0.3 is 0 Å². The number of rotatable bonds is 7. The Morgan fingerprint density at radius 2 is 2.05 bits per heavy atom. The zero-order valence-electron chi connectivity index (χ0n) is 11.8. The molecule has 0 saturated heterocycles. The number of hydrogen-bond acceptors (Lipinski definition) is 2. The van der Waals surface area contributed by atoms with Crippen molar-refractivity contribution < 1.29 is 0 Å². The van der Waals surface area contributed by atoms with Crippen LogP contribution in [0, 0.1) is 0 Å². The molecule has 0 spiro atoms. The zero-order chi connectivity index (χ0) is 13.5. The van der Waals surface area contributed by atoms with E-state index in [1.54, 1.807) is 0 Å². The molecule has 1 aromatic carbocycles. The summed E-state index contributed by atoms with van der Waals surface area (Å²) in [4.78, 5) is 4.36. The first-order chi connectivity index (χ1) is 9.31. The van der Waals surface area contributed by atoms with Crippen LogP contribution in [0.15, 0.2) is 42.7 Å². The Bertz CT molecular complexity index is 476. The maximum atomic E-state index is 4.36. The molecule has 1 aromatic heterocycles. The smallest absolute Gasteiger partial charge is 0.202 e. The molecule has 102 valence electrons. The average molecular weight is 257 g/mol. The number of aryl methyl sites for hydroxylation is 1. The topological polar surface area (TPSA) is 29.9 Å². The Hall–Kier alpha value is -1.77. The van der Waals surface area contributed by atoms with E-state index in [2.05, 4.69) is 65.2 Å². The van der Waals surface area contributed by atoms with E-state index in [0.717, 1.165) is 31.9 Å². The summed E-state index contributed by atoms with van der Waals surface area (Å²) in [6.07, 6.45) is 6.16. The van der Waals surface area contributed by atoms with Gasteiger partial charge in [0, 0.05) is 25.5 Å². The third kappa shape index (κ3) is 3.85. The first-order valence-corrected chi connectivity index (χ1v) is 7.11. The Balaban J connectivity index is 1.90. The molecule has 1 atom stereocenters. The summed E-state index contributed by atoms with van der Waals surface area (Å²) in [6, 6.07) is 10.7. The molecule has 0 aliphatic carbocycles. The summed E-state index contributed by atoms with van der Waals surface area (Å²) in [6.45, 7) is 6.43. The van der Waals surface area contributed by atoms with Gasteiger partial charge in [-0.25, -0.2) is 4.98 Å². The van der Waals surface area contributed by atoms with Crippen LogP contribution in [0.4, 0.5) is 5.95 Å². The number of aromatic nitrogens is 2. The van der Waals surface area contributed by atoms with Crippen LogP contribution in [-0.4, -0.2) is 16.1 Å². The number of benzene rings is 1. The summed E-state index contributed by atoms with van der Waals surface area (Å²) < 4.78 is 2.20. The van der Waals surface area contributed by atoms with Gasteiger partial charge in [0.25, 0.3) is 0 Å². The summed E-state index contributed by atoms with van der Waals surface area (Å²) in [7, 11) is 0. The van der Waals surface area contributed by atoms with E-state index < -0.39 is 0 Å². The van der Waals surface area contributed by atoms with Gasteiger partial charge in [0.2, 0.25) is 5.95 Å². The molecule has 3 heteroatoms. The van der Waals surface area contributed by atoms with Crippen LogP contribution in [0.25, 0.3) is 0 Å². The molecule has 1 unspecified atom stereocenters. The molecule has 0 saturated carbocycles. The molecule has 0 radical (unpaired) electrons. The van der Waals surface area contributed by atoms with Gasteiger partial charge < -0.3 is 9.88 Å². The van der Waals surface area contributed by atoms with Crippen molar-refractivity contribution in [3.05, 3.63) is 48.3 Å². The van der Waals surface area contributed by atoms with Gasteiger partial charge in [0.15, 0.2) is 0 Å². The lowest BCUT2D eigenvalue weighted by molar-refractivity contribution is 0.579. The van der Waals surface area contributed by atoms with Gasteiger partial charge in [0.05, 0.1) is 0 Å². The molecule has 1 heterocycles. The molecule has 0 aliphatic rings. The lowest BCUT2D eigenvalue weighted by Crippen LogP contribution is -2.09. The second kappa shape index (κ2) is 6.98. The van der Waals surface area contributed by atoms with Crippen molar-refractivity contribution in [2.24, 2.45) is 0 Å². The van der Waals surface area contributed by atoms with Crippen LogP contribution in [-0.2, 0) is 6.54 Å². The number of imidazole rings is 1. The predicted octanol–water partition coefficient (Wildman–Crippen LogP) is 3.90. The third-order valence-electron chi connectivity index (χ3n) is 3.42. The Morgan fingerprint density at radius 3 is 2.79 bits per heavy atom. The highest BCUT2D eigenvalue weighted by molar-refractivity contribution is 5.25. The maximum Gasteiger partial charge on any atom is 0.202 e. The van der Waals surface area contributed by atoms with Gasteiger partial charge in [-0.15, -0.1) is 0 Å². The molecular weight excluding hydrogens is 234 g/mol. The van der Waals surface area contributed by atoms with E-state index in [1.807, 2.05) is 6.20 Å². The molecule has 3 nitrogen and oxygen atoms in total. The van der Waals surface area contributed by atoms with Crippen LogP contribution in [0.3, 0.4) is 0 Å². The fourth-order valence-electron chi connectivity index (χ4n) is 2.17. The molecule has 2 rings (SSSR count). The third-order valence-corrected chi connectivity index (χ3v) is 3.42. The Kier molecular flexibility index (Phi) is 5.01. The molecule has 0 aliphatic heterocycles. The number of anilines is 1. The monoisotopic (exact) mass is 257 g/mol. The lowest BCUT2D eigenvalue weighted by atomic mass is 9.98. The highest BCUT2D eigenvalue weighted by atomic mass is 15.2. The van der Waals surface area contributed by atoms with Crippen molar-refractivity contribution in [2.45, 2.75) is 39.2 Å². The minimum absolute atomic E-state index is 0.572. The summed E-state index contributed by atoms with van der Waals surface area (Å²) in [5.74, 6) is 1.56. The van der Waals surface area contributed by atoms with Crippen LogP contribution < -0.4 is 5.32 Å². The highest BCUT2D eigenvalue weighted by Gasteiger charge is 2.07. The predicted molar refractivity (Wildman–Crippen MR) is 80.5 cm³/mol. The second-order valence-electron chi connectivity index (χ2n) is 4.97. The molecule has 0 fully saturated rings. The Morgan fingerprint density at radius 1 is 1.26 bits per heavy atom. The maximum absolute atomic E-state index is 4.36. The van der Waals surface area contributed by atoms with Crippen LogP contribution in [0.1, 0.15) is 38.2 Å². The molecular formula is C16H23N3. The van der Waals surface area contributed by atoms with E-state index in [9.17, 15) is 0 Å². The van der Waals surface area contributed by atoms with Gasteiger partial charge in [-0.3, -0.25) is 0 Å². The van der Waals surface area contributed by atoms with Gasteiger partial charge in [-0.1, -0.05) is 44.2 Å². The van der Waals surface area contributed by atoms with Crippen molar-refractivity contribution in [3.8, 4) is 0 Å². The number of nitrogens with one attached hydrogen (secondary N) is 1. The van der Waals surface area contributed by atoms with E-state index in [4.69, 9.17) is 0 Å². The van der Waals surface area contributed by atoms with Gasteiger partial charge in [0.1, 0.15) is 0 Å². The normalized spacial score (nSPS) is 12.3. The Labute approximate surface area is 115 Å². The van der Waals surface area contributed by atoms with Crippen molar-refractivity contribution in [2.75, 3.05) is 11.9 Å². The molecule has 0 amide bonds. The fourth-order valence-corrected chi connectivity index (χ4v) is 2.17. The minimum Gasteiger partial charge on any atom is -0.356 e. The average Bonchev–Trinajstić information content (AvgIpc) is 2.91. The molecule has 19 heavy (non-hydrogen) atoms. The summed E-state index contributed by atoms with van der Waals surface area (Å²) in [5.41, 5.74) is 1.41. The molecule has 1 N–H and O–H groups in total. The summed E-state index contributed by atoms with van der Waals surface area (Å²) >= 11 is 0. The van der Waals surface area contributed by atoms with E-state index in [0.29, 0.717) is 5.92 Å². The first-order valence-electron chi connectivity index (χ1n) is 7.11. The van der Waals surface area contributed by atoms with Crippen molar-refractivity contribution in [1.29, 1.82) is 0 Å². The van der Waals surface area contributed by atoms with Gasteiger partial charge in [-0.2, -0.15) is 0 Å². The molecule has 2 aromatic rings. The van der Waals surface area contributed by atoms with Crippen LogP contribution in [0.5, 0.6) is 0 Å². The van der Waals surface area contributed by atoms with Crippen molar-refractivity contribution in [3.63, 3.8) is 0 Å². The number of hydrogen-bond donors (Lipinski definition) is 1. The summed E-state index contributed by atoms with van der Waals surface area (Å²) in [5, 5.41) is 3.36. The highest BCUT2D eigenvalue weighted by Crippen LogP contribution is 2.20. The number of nitrogens with zero attached hydrogens (tertiary/aromatic N) is 2.